The number of hydrogen-bond donors (Lipinski definition) is 0. The van der Waals surface area contributed by atoms with E-state index in [1.54, 1.807) is 12.0 Å². The van der Waals surface area contributed by atoms with Crippen LogP contribution in [0.3, 0.4) is 0 Å². The van der Waals surface area contributed by atoms with Gasteiger partial charge in [0.2, 0.25) is 0 Å². The standard InChI is InChI=1S/C20H23NO5/c1-23-16-7-9-18(10-8-16)26-19-13-21(11-12-24-14-19)20(22)15-25-17-5-3-2-4-6-17/h2-10,19H,11-15H2,1H3/t19-/m1/s1. The molecule has 0 saturated carbocycles. The lowest BCUT2D eigenvalue weighted by Gasteiger charge is -2.24. The summed E-state index contributed by atoms with van der Waals surface area (Å²) in [5, 5.41) is 0. The monoisotopic (exact) mass is 357 g/mol. The van der Waals surface area contributed by atoms with E-state index in [2.05, 4.69) is 0 Å². The first-order valence-electron chi connectivity index (χ1n) is 8.58. The quantitative estimate of drug-likeness (QED) is 0.794. The van der Waals surface area contributed by atoms with E-state index in [1.807, 2.05) is 54.6 Å². The topological polar surface area (TPSA) is 57.2 Å². The van der Waals surface area contributed by atoms with Crippen LogP contribution in [0.4, 0.5) is 0 Å². The van der Waals surface area contributed by atoms with E-state index >= 15 is 0 Å². The van der Waals surface area contributed by atoms with Crippen molar-refractivity contribution in [2.45, 2.75) is 6.10 Å². The van der Waals surface area contributed by atoms with Crippen LogP contribution < -0.4 is 14.2 Å². The molecule has 6 heteroatoms. The van der Waals surface area contributed by atoms with E-state index in [1.165, 1.54) is 0 Å². The number of para-hydroxylation sites is 1. The Bertz CT molecular complexity index is 689. The summed E-state index contributed by atoms with van der Waals surface area (Å²) in [6.45, 7) is 1.91. The van der Waals surface area contributed by atoms with Crippen LogP contribution in [-0.4, -0.2) is 56.9 Å². The Morgan fingerprint density at radius 2 is 1.81 bits per heavy atom. The van der Waals surface area contributed by atoms with Crippen LogP contribution in [0.15, 0.2) is 54.6 Å². The SMILES string of the molecule is COc1ccc(O[C@H]2COCCN(C(=O)COc3ccccc3)C2)cc1. The lowest BCUT2D eigenvalue weighted by Crippen LogP contribution is -2.42. The van der Waals surface area contributed by atoms with Crippen molar-refractivity contribution in [2.75, 3.05) is 40.0 Å². The molecule has 0 aromatic heterocycles. The Labute approximate surface area is 153 Å². The Morgan fingerprint density at radius 1 is 1.08 bits per heavy atom. The van der Waals surface area contributed by atoms with Gasteiger partial charge < -0.3 is 23.8 Å². The number of carbonyl (C=O) groups excluding carboxylic acids is 1. The summed E-state index contributed by atoms with van der Waals surface area (Å²) in [7, 11) is 1.62. The number of amides is 1. The minimum Gasteiger partial charge on any atom is -0.497 e. The van der Waals surface area contributed by atoms with E-state index in [4.69, 9.17) is 18.9 Å². The Kier molecular flexibility index (Phi) is 6.33. The molecule has 1 heterocycles. The average molecular weight is 357 g/mol. The number of benzene rings is 2. The van der Waals surface area contributed by atoms with Crippen LogP contribution in [0.5, 0.6) is 17.2 Å². The molecule has 6 nitrogen and oxygen atoms in total. The number of nitrogens with zero attached hydrogens (tertiary/aromatic N) is 1. The number of rotatable bonds is 6. The van der Waals surface area contributed by atoms with Crippen LogP contribution >= 0.6 is 0 Å². The van der Waals surface area contributed by atoms with Crippen LogP contribution in [0.2, 0.25) is 0 Å². The van der Waals surface area contributed by atoms with Gasteiger partial charge >= 0.3 is 0 Å². The number of carbonyl (C=O) groups is 1. The van der Waals surface area contributed by atoms with Crippen molar-refractivity contribution >= 4 is 5.91 Å². The summed E-state index contributed by atoms with van der Waals surface area (Å²) in [6.07, 6.45) is -0.230. The Balaban J connectivity index is 1.54. The van der Waals surface area contributed by atoms with E-state index in [0.29, 0.717) is 37.8 Å². The van der Waals surface area contributed by atoms with Gasteiger partial charge in [-0.05, 0) is 36.4 Å². The summed E-state index contributed by atoms with van der Waals surface area (Å²) in [6, 6.07) is 16.7. The summed E-state index contributed by atoms with van der Waals surface area (Å²) < 4.78 is 22.2. The molecule has 1 aliphatic rings. The van der Waals surface area contributed by atoms with Gasteiger partial charge in [-0.25, -0.2) is 0 Å². The van der Waals surface area contributed by atoms with Gasteiger partial charge in [-0.15, -0.1) is 0 Å². The highest BCUT2D eigenvalue weighted by Gasteiger charge is 2.24. The van der Waals surface area contributed by atoms with Gasteiger partial charge in [0.15, 0.2) is 6.61 Å². The normalized spacial score (nSPS) is 17.3. The average Bonchev–Trinajstić information content (AvgIpc) is 2.93. The predicted octanol–water partition coefficient (Wildman–Crippen LogP) is 2.38. The van der Waals surface area contributed by atoms with Gasteiger partial charge in [-0.2, -0.15) is 0 Å². The summed E-state index contributed by atoms with van der Waals surface area (Å²) in [4.78, 5) is 14.2. The van der Waals surface area contributed by atoms with Gasteiger partial charge in [-0.3, -0.25) is 4.79 Å². The first-order valence-corrected chi connectivity index (χ1v) is 8.58. The van der Waals surface area contributed by atoms with Crippen molar-refractivity contribution in [1.82, 2.24) is 4.90 Å². The lowest BCUT2D eigenvalue weighted by atomic mass is 10.3. The zero-order valence-electron chi connectivity index (χ0n) is 14.8. The molecule has 2 aromatic carbocycles. The van der Waals surface area contributed by atoms with Crippen molar-refractivity contribution < 1.29 is 23.7 Å². The first kappa shape index (κ1) is 18.1. The predicted molar refractivity (Wildman–Crippen MR) is 96.7 cm³/mol. The Hall–Kier alpha value is -2.73. The molecule has 3 rings (SSSR count). The van der Waals surface area contributed by atoms with E-state index in [9.17, 15) is 4.79 Å². The summed E-state index contributed by atoms with van der Waals surface area (Å²) in [5.41, 5.74) is 0. The molecule has 0 N–H and O–H groups in total. The highest BCUT2D eigenvalue weighted by Crippen LogP contribution is 2.19. The van der Waals surface area contributed by atoms with E-state index in [-0.39, 0.29) is 18.6 Å². The molecule has 1 amide bonds. The fraction of sp³-hybridized carbons (Fsp3) is 0.350. The third-order valence-electron chi connectivity index (χ3n) is 4.05. The zero-order valence-corrected chi connectivity index (χ0v) is 14.8. The van der Waals surface area contributed by atoms with Crippen molar-refractivity contribution in [3.05, 3.63) is 54.6 Å². The second-order valence-corrected chi connectivity index (χ2v) is 5.93. The molecule has 2 aromatic rings. The molecule has 0 unspecified atom stereocenters. The summed E-state index contributed by atoms with van der Waals surface area (Å²) >= 11 is 0. The molecule has 138 valence electrons. The molecular weight excluding hydrogens is 334 g/mol. The van der Waals surface area contributed by atoms with Gasteiger partial charge in [0.05, 0.1) is 26.9 Å². The van der Waals surface area contributed by atoms with Gasteiger partial charge in [0.25, 0.3) is 5.91 Å². The smallest absolute Gasteiger partial charge is 0.260 e. The third kappa shape index (κ3) is 5.13. The first-order chi connectivity index (χ1) is 12.7. The molecule has 1 atom stereocenters. The molecule has 0 aliphatic carbocycles. The molecule has 0 spiro atoms. The van der Waals surface area contributed by atoms with Gasteiger partial charge in [0, 0.05) is 6.54 Å². The number of methoxy groups -OCH3 is 1. The Morgan fingerprint density at radius 3 is 2.54 bits per heavy atom. The second-order valence-electron chi connectivity index (χ2n) is 5.93. The minimum atomic E-state index is -0.230. The number of hydrogen-bond acceptors (Lipinski definition) is 5. The highest BCUT2D eigenvalue weighted by molar-refractivity contribution is 5.77. The lowest BCUT2D eigenvalue weighted by molar-refractivity contribution is -0.134. The maximum atomic E-state index is 12.5. The van der Waals surface area contributed by atoms with E-state index in [0.717, 1.165) is 5.75 Å². The highest BCUT2D eigenvalue weighted by atomic mass is 16.5. The second kappa shape index (κ2) is 9.10. The maximum absolute atomic E-state index is 12.5. The van der Waals surface area contributed by atoms with E-state index < -0.39 is 0 Å². The largest absolute Gasteiger partial charge is 0.497 e. The minimum absolute atomic E-state index is 0.000725. The molecule has 1 saturated heterocycles. The fourth-order valence-electron chi connectivity index (χ4n) is 2.68. The molecule has 1 aliphatic heterocycles. The maximum Gasteiger partial charge on any atom is 0.260 e. The van der Waals surface area contributed by atoms with Crippen LogP contribution in [0.1, 0.15) is 0 Å². The van der Waals surface area contributed by atoms with Crippen molar-refractivity contribution in [2.24, 2.45) is 0 Å². The van der Waals surface area contributed by atoms with Crippen LogP contribution in [-0.2, 0) is 9.53 Å². The molecule has 1 fully saturated rings. The molecule has 26 heavy (non-hydrogen) atoms. The van der Waals surface area contributed by atoms with Gasteiger partial charge in [0.1, 0.15) is 23.4 Å². The molecule has 0 radical (unpaired) electrons. The van der Waals surface area contributed by atoms with Gasteiger partial charge in [-0.1, -0.05) is 18.2 Å². The fourth-order valence-corrected chi connectivity index (χ4v) is 2.68. The summed E-state index contributed by atoms with van der Waals surface area (Å²) in [5.74, 6) is 2.08. The third-order valence-corrected chi connectivity index (χ3v) is 4.05. The molecule has 0 bridgehead atoms. The van der Waals surface area contributed by atoms with Crippen molar-refractivity contribution in [3.8, 4) is 17.2 Å². The van der Waals surface area contributed by atoms with Crippen molar-refractivity contribution in [3.63, 3.8) is 0 Å². The van der Waals surface area contributed by atoms with Crippen LogP contribution in [0, 0.1) is 0 Å². The van der Waals surface area contributed by atoms with Crippen LogP contribution in [0.25, 0.3) is 0 Å². The molecular formula is C20H23NO5. The number of ether oxygens (including phenoxy) is 4. The van der Waals surface area contributed by atoms with Crippen molar-refractivity contribution in [1.29, 1.82) is 0 Å². The zero-order chi connectivity index (χ0) is 18.2.